The van der Waals surface area contributed by atoms with Crippen molar-refractivity contribution in [3.05, 3.63) is 29.8 Å². The molecule has 0 bridgehead atoms. The van der Waals surface area contributed by atoms with E-state index in [2.05, 4.69) is 29.3 Å². The molecule has 20 heavy (non-hydrogen) atoms. The zero-order valence-electron chi connectivity index (χ0n) is 12.6. The lowest BCUT2D eigenvalue weighted by molar-refractivity contribution is 0.0737. The third-order valence-electron chi connectivity index (χ3n) is 3.47. The zero-order valence-corrected chi connectivity index (χ0v) is 12.6. The largest absolute Gasteiger partial charge is 0.384 e. The molecular weight excluding hydrogens is 254 g/mol. The molecule has 0 spiro atoms. The van der Waals surface area contributed by atoms with Gasteiger partial charge in [-0.1, -0.05) is 19.1 Å². The van der Waals surface area contributed by atoms with Gasteiger partial charge in [-0.2, -0.15) is 5.10 Å². The predicted molar refractivity (Wildman–Crippen MR) is 76.2 cm³/mol. The van der Waals surface area contributed by atoms with Crippen LogP contribution >= 0.6 is 0 Å². The van der Waals surface area contributed by atoms with E-state index < -0.39 is 5.60 Å². The van der Waals surface area contributed by atoms with E-state index in [1.54, 1.807) is 24.7 Å². The van der Waals surface area contributed by atoms with Crippen LogP contribution in [-0.4, -0.2) is 29.9 Å². The SMILES string of the molecule is CCC(CC)n1ccc(Cn2cc(C(C)(C)O)nn2)n1. The second-order valence-corrected chi connectivity index (χ2v) is 5.62. The first kappa shape index (κ1) is 14.7. The molecule has 0 fully saturated rings. The first-order chi connectivity index (χ1) is 9.44. The van der Waals surface area contributed by atoms with Crippen LogP contribution in [-0.2, 0) is 12.1 Å². The van der Waals surface area contributed by atoms with Gasteiger partial charge < -0.3 is 5.11 Å². The quantitative estimate of drug-likeness (QED) is 0.878. The summed E-state index contributed by atoms with van der Waals surface area (Å²) in [6, 6.07) is 2.45. The van der Waals surface area contributed by atoms with Gasteiger partial charge in [0.15, 0.2) is 0 Å². The minimum absolute atomic E-state index is 0.450. The van der Waals surface area contributed by atoms with Crippen molar-refractivity contribution < 1.29 is 5.11 Å². The molecule has 110 valence electrons. The molecule has 2 rings (SSSR count). The number of aliphatic hydroxyl groups is 1. The fourth-order valence-corrected chi connectivity index (χ4v) is 2.15. The second kappa shape index (κ2) is 5.75. The Morgan fingerprint density at radius 2 is 2.00 bits per heavy atom. The first-order valence-electron chi connectivity index (χ1n) is 7.11. The number of nitrogens with zero attached hydrogens (tertiary/aromatic N) is 5. The van der Waals surface area contributed by atoms with Gasteiger partial charge in [0, 0.05) is 6.20 Å². The summed E-state index contributed by atoms with van der Waals surface area (Å²) in [5.74, 6) is 0. The Labute approximate surface area is 119 Å². The maximum absolute atomic E-state index is 9.87. The summed E-state index contributed by atoms with van der Waals surface area (Å²) in [6.07, 6.45) is 5.92. The second-order valence-electron chi connectivity index (χ2n) is 5.62. The summed E-state index contributed by atoms with van der Waals surface area (Å²) >= 11 is 0. The van der Waals surface area contributed by atoms with Gasteiger partial charge >= 0.3 is 0 Å². The van der Waals surface area contributed by atoms with E-state index >= 15 is 0 Å². The summed E-state index contributed by atoms with van der Waals surface area (Å²) in [6.45, 7) is 8.30. The lowest BCUT2D eigenvalue weighted by atomic mass is 10.1. The number of hydrogen-bond acceptors (Lipinski definition) is 4. The Hall–Kier alpha value is -1.69. The molecule has 0 amide bonds. The van der Waals surface area contributed by atoms with Gasteiger partial charge in [-0.05, 0) is 32.8 Å². The molecule has 2 aromatic rings. The summed E-state index contributed by atoms with van der Waals surface area (Å²) in [7, 11) is 0. The molecule has 0 saturated heterocycles. The minimum Gasteiger partial charge on any atom is -0.384 e. The van der Waals surface area contributed by atoms with Crippen molar-refractivity contribution in [1.29, 1.82) is 0 Å². The number of rotatable bonds is 6. The van der Waals surface area contributed by atoms with Gasteiger partial charge in [-0.3, -0.25) is 4.68 Å². The van der Waals surface area contributed by atoms with Crippen molar-refractivity contribution in [2.24, 2.45) is 0 Å². The van der Waals surface area contributed by atoms with Crippen LogP contribution in [0.25, 0.3) is 0 Å². The molecule has 1 N–H and O–H groups in total. The standard InChI is InChI=1S/C14H23N5O/c1-5-12(6-2)19-8-7-11(16-19)9-18-10-13(15-17-18)14(3,4)20/h7-8,10,12,20H,5-6,9H2,1-4H3. The van der Waals surface area contributed by atoms with E-state index in [9.17, 15) is 5.11 Å². The molecule has 2 heterocycles. The van der Waals surface area contributed by atoms with E-state index in [1.807, 2.05) is 16.9 Å². The molecule has 6 nitrogen and oxygen atoms in total. The van der Waals surface area contributed by atoms with Crippen LogP contribution in [0.3, 0.4) is 0 Å². The molecule has 0 unspecified atom stereocenters. The highest BCUT2D eigenvalue weighted by Crippen LogP contribution is 2.17. The number of aromatic nitrogens is 5. The van der Waals surface area contributed by atoms with Crippen LogP contribution in [0.2, 0.25) is 0 Å². The molecule has 0 aliphatic rings. The van der Waals surface area contributed by atoms with Crippen LogP contribution in [0.15, 0.2) is 18.5 Å². The first-order valence-corrected chi connectivity index (χ1v) is 7.11. The van der Waals surface area contributed by atoms with E-state index in [0.29, 0.717) is 18.3 Å². The smallest absolute Gasteiger partial charge is 0.114 e. The lowest BCUT2D eigenvalue weighted by Crippen LogP contribution is -2.15. The predicted octanol–water partition coefficient (Wildman–Crippen LogP) is 2.11. The van der Waals surface area contributed by atoms with Crippen LogP contribution in [0.1, 0.15) is 58.0 Å². The van der Waals surface area contributed by atoms with Crippen LogP contribution in [0.5, 0.6) is 0 Å². The maximum atomic E-state index is 9.87. The maximum Gasteiger partial charge on any atom is 0.114 e. The summed E-state index contributed by atoms with van der Waals surface area (Å²) in [4.78, 5) is 0. The highest BCUT2D eigenvalue weighted by Gasteiger charge is 2.20. The van der Waals surface area contributed by atoms with Crippen molar-refractivity contribution in [2.45, 2.75) is 58.7 Å². The summed E-state index contributed by atoms with van der Waals surface area (Å²) < 4.78 is 3.72. The van der Waals surface area contributed by atoms with Gasteiger partial charge in [0.05, 0.1) is 24.5 Å². The zero-order chi connectivity index (χ0) is 14.8. The van der Waals surface area contributed by atoms with E-state index in [4.69, 9.17) is 0 Å². The van der Waals surface area contributed by atoms with Crippen LogP contribution in [0, 0.1) is 0 Å². The third kappa shape index (κ3) is 3.25. The van der Waals surface area contributed by atoms with Crippen molar-refractivity contribution in [2.75, 3.05) is 0 Å². The Morgan fingerprint density at radius 1 is 1.30 bits per heavy atom. The Balaban J connectivity index is 2.09. The highest BCUT2D eigenvalue weighted by atomic mass is 16.3. The molecule has 6 heteroatoms. The van der Waals surface area contributed by atoms with Gasteiger partial charge in [0.1, 0.15) is 11.3 Å². The van der Waals surface area contributed by atoms with E-state index in [0.717, 1.165) is 18.5 Å². The molecule has 0 aromatic carbocycles. The van der Waals surface area contributed by atoms with Crippen molar-refractivity contribution in [1.82, 2.24) is 24.8 Å². The Morgan fingerprint density at radius 3 is 2.55 bits per heavy atom. The van der Waals surface area contributed by atoms with Gasteiger partial charge in [-0.15, -0.1) is 5.10 Å². The van der Waals surface area contributed by atoms with Gasteiger partial charge in [0.25, 0.3) is 0 Å². The topological polar surface area (TPSA) is 68.8 Å². The molecule has 0 atom stereocenters. The lowest BCUT2D eigenvalue weighted by Gasteiger charge is -2.12. The average Bonchev–Trinajstić information content (AvgIpc) is 3.00. The molecule has 0 aliphatic carbocycles. The molecule has 2 aromatic heterocycles. The third-order valence-corrected chi connectivity index (χ3v) is 3.47. The minimum atomic E-state index is -0.965. The molecule has 0 saturated carbocycles. The average molecular weight is 277 g/mol. The van der Waals surface area contributed by atoms with Crippen LogP contribution < -0.4 is 0 Å². The Bertz CT molecular complexity index is 548. The fraction of sp³-hybridized carbons (Fsp3) is 0.643. The normalized spacial score (nSPS) is 12.3. The summed E-state index contributed by atoms with van der Waals surface area (Å²) in [5.41, 5.74) is 0.550. The fourth-order valence-electron chi connectivity index (χ4n) is 2.15. The van der Waals surface area contributed by atoms with Crippen LogP contribution in [0.4, 0.5) is 0 Å². The molecular formula is C14H23N5O. The Kier molecular flexibility index (Phi) is 4.23. The van der Waals surface area contributed by atoms with Crippen molar-refractivity contribution >= 4 is 0 Å². The highest BCUT2D eigenvalue weighted by molar-refractivity contribution is 5.05. The van der Waals surface area contributed by atoms with Crippen molar-refractivity contribution in [3.63, 3.8) is 0 Å². The van der Waals surface area contributed by atoms with Gasteiger partial charge in [-0.25, -0.2) is 4.68 Å². The molecule has 0 aliphatic heterocycles. The monoisotopic (exact) mass is 277 g/mol. The van der Waals surface area contributed by atoms with E-state index in [1.165, 1.54) is 0 Å². The van der Waals surface area contributed by atoms with Gasteiger partial charge in [0.2, 0.25) is 0 Å². The van der Waals surface area contributed by atoms with Crippen molar-refractivity contribution in [3.8, 4) is 0 Å². The van der Waals surface area contributed by atoms with E-state index in [-0.39, 0.29) is 0 Å². The number of hydrogen-bond donors (Lipinski definition) is 1. The molecule has 0 radical (unpaired) electrons. The summed E-state index contributed by atoms with van der Waals surface area (Å²) in [5, 5.41) is 22.5.